The molecule has 162 valence electrons. The van der Waals surface area contributed by atoms with Crippen molar-refractivity contribution >= 4 is 29.2 Å². The maximum atomic E-state index is 10.7. The predicted molar refractivity (Wildman–Crippen MR) is 126 cm³/mol. The van der Waals surface area contributed by atoms with Crippen LogP contribution in [0.5, 0.6) is 17.2 Å². The van der Waals surface area contributed by atoms with Gasteiger partial charge in [0.25, 0.3) is 0 Å². The smallest absolute Gasteiger partial charge is 0.220 e. The summed E-state index contributed by atoms with van der Waals surface area (Å²) in [4.78, 5) is 8.49. The average molecular weight is 468 g/mol. The van der Waals surface area contributed by atoms with E-state index in [0.717, 1.165) is 22.4 Å². The van der Waals surface area contributed by atoms with E-state index in [1.165, 1.54) is 6.07 Å². The van der Waals surface area contributed by atoms with Gasteiger partial charge < -0.3 is 20.3 Å². The molecule has 0 aliphatic carbocycles. The first-order valence-corrected chi connectivity index (χ1v) is 10.4. The van der Waals surface area contributed by atoms with Gasteiger partial charge in [-0.15, -0.1) is 0 Å². The van der Waals surface area contributed by atoms with Crippen LogP contribution in [0.1, 0.15) is 5.56 Å². The Labute approximate surface area is 195 Å². The summed E-state index contributed by atoms with van der Waals surface area (Å²) in [5, 5.41) is 11.8. The van der Waals surface area contributed by atoms with Gasteiger partial charge in [-0.3, -0.25) is 0 Å². The van der Waals surface area contributed by atoms with E-state index >= 15 is 0 Å². The monoisotopic (exact) mass is 467 g/mol. The van der Waals surface area contributed by atoms with E-state index in [1.807, 2.05) is 24.3 Å². The molecule has 32 heavy (non-hydrogen) atoms. The second-order valence-corrected chi connectivity index (χ2v) is 7.77. The molecule has 0 saturated carbocycles. The summed E-state index contributed by atoms with van der Waals surface area (Å²) in [5.41, 5.74) is 9.21. The highest BCUT2D eigenvalue weighted by Gasteiger charge is 2.15. The fraction of sp³-hybridized carbons (Fsp3) is 0.0833. The second-order valence-electron chi connectivity index (χ2n) is 6.92. The summed E-state index contributed by atoms with van der Waals surface area (Å²) in [5.74, 6) is 1.31. The van der Waals surface area contributed by atoms with Gasteiger partial charge in [0.2, 0.25) is 5.95 Å². The molecule has 3 aromatic carbocycles. The van der Waals surface area contributed by atoms with Gasteiger partial charge in [0.05, 0.1) is 12.8 Å². The van der Waals surface area contributed by atoms with Crippen molar-refractivity contribution in [2.24, 2.45) is 0 Å². The van der Waals surface area contributed by atoms with E-state index < -0.39 is 0 Å². The highest BCUT2D eigenvalue weighted by Crippen LogP contribution is 2.38. The van der Waals surface area contributed by atoms with Gasteiger partial charge in [-0.05, 0) is 42.0 Å². The zero-order valence-corrected chi connectivity index (χ0v) is 18.6. The Bertz CT molecular complexity index is 1260. The fourth-order valence-electron chi connectivity index (χ4n) is 3.18. The molecule has 1 heterocycles. The maximum absolute atomic E-state index is 10.7. The topological polar surface area (TPSA) is 90.5 Å². The number of nitrogen functional groups attached to an aromatic ring is 1. The number of methoxy groups -OCH3 is 1. The van der Waals surface area contributed by atoms with Gasteiger partial charge in [-0.2, -0.15) is 0 Å². The molecular formula is C24H19Cl2N3O3. The molecule has 6 nitrogen and oxygen atoms in total. The highest BCUT2D eigenvalue weighted by molar-refractivity contribution is 6.35. The van der Waals surface area contributed by atoms with Crippen molar-refractivity contribution < 1.29 is 14.6 Å². The Morgan fingerprint density at radius 1 is 0.938 bits per heavy atom. The molecule has 0 unspecified atom stereocenters. The minimum absolute atomic E-state index is 0.00225. The molecule has 8 heteroatoms. The lowest BCUT2D eigenvalue weighted by molar-refractivity contribution is 0.304. The van der Waals surface area contributed by atoms with Crippen LogP contribution in [0.4, 0.5) is 5.95 Å². The number of nitrogens with zero attached hydrogens (tertiary/aromatic N) is 2. The first-order chi connectivity index (χ1) is 15.4. The van der Waals surface area contributed by atoms with E-state index in [0.29, 0.717) is 27.1 Å². The SMILES string of the molecule is COc1ccc(-c2cnc(N)nc2-c2ccc(OCc3ccc(Cl)cc3Cl)cc2O)cc1. The highest BCUT2D eigenvalue weighted by atomic mass is 35.5. The number of phenols is 1. The molecule has 0 spiro atoms. The number of ether oxygens (including phenoxy) is 2. The number of hydrogen-bond donors (Lipinski definition) is 2. The van der Waals surface area contributed by atoms with Crippen molar-refractivity contribution in [2.75, 3.05) is 12.8 Å². The number of halogens is 2. The zero-order valence-electron chi connectivity index (χ0n) is 17.0. The molecule has 1 aromatic heterocycles. The Balaban J connectivity index is 1.63. The number of hydrogen-bond acceptors (Lipinski definition) is 6. The molecule has 3 N–H and O–H groups in total. The van der Waals surface area contributed by atoms with Crippen molar-refractivity contribution in [1.29, 1.82) is 0 Å². The average Bonchev–Trinajstić information content (AvgIpc) is 2.79. The summed E-state index contributed by atoms with van der Waals surface area (Å²) < 4.78 is 11.0. The molecule has 0 fully saturated rings. The van der Waals surface area contributed by atoms with E-state index in [4.69, 9.17) is 38.4 Å². The molecule has 0 radical (unpaired) electrons. The van der Waals surface area contributed by atoms with Gasteiger partial charge in [0.1, 0.15) is 23.9 Å². The van der Waals surface area contributed by atoms with Crippen LogP contribution in [0.3, 0.4) is 0 Å². The summed E-state index contributed by atoms with van der Waals surface area (Å²) in [6, 6.07) is 17.7. The number of phenolic OH excluding ortho intramolecular Hbond substituents is 1. The van der Waals surface area contributed by atoms with Gasteiger partial charge >= 0.3 is 0 Å². The van der Waals surface area contributed by atoms with Crippen LogP contribution in [0.25, 0.3) is 22.4 Å². The summed E-state index contributed by atoms with van der Waals surface area (Å²) in [6.07, 6.45) is 1.63. The number of benzene rings is 3. The van der Waals surface area contributed by atoms with E-state index in [1.54, 1.807) is 43.6 Å². The van der Waals surface area contributed by atoms with Crippen LogP contribution < -0.4 is 15.2 Å². The van der Waals surface area contributed by atoms with Crippen molar-refractivity contribution in [3.63, 3.8) is 0 Å². The van der Waals surface area contributed by atoms with Crippen molar-refractivity contribution in [1.82, 2.24) is 9.97 Å². The lowest BCUT2D eigenvalue weighted by Crippen LogP contribution is -1.99. The number of aromatic nitrogens is 2. The van der Waals surface area contributed by atoms with Crippen LogP contribution >= 0.6 is 23.2 Å². The van der Waals surface area contributed by atoms with Gasteiger partial charge in [-0.25, -0.2) is 9.97 Å². The van der Waals surface area contributed by atoms with E-state index in [-0.39, 0.29) is 18.3 Å². The minimum Gasteiger partial charge on any atom is -0.507 e. The fourth-order valence-corrected chi connectivity index (χ4v) is 3.65. The maximum Gasteiger partial charge on any atom is 0.220 e. The molecule has 0 bridgehead atoms. The first kappa shape index (κ1) is 21.7. The summed E-state index contributed by atoms with van der Waals surface area (Å²) in [7, 11) is 1.61. The molecule has 0 saturated heterocycles. The normalized spacial score (nSPS) is 10.7. The van der Waals surface area contributed by atoms with Gasteiger partial charge in [0, 0.05) is 39.0 Å². The van der Waals surface area contributed by atoms with E-state index in [9.17, 15) is 5.11 Å². The van der Waals surface area contributed by atoms with Crippen LogP contribution in [-0.2, 0) is 6.61 Å². The predicted octanol–water partition coefficient (Wildman–Crippen LogP) is 5.99. The van der Waals surface area contributed by atoms with Crippen molar-refractivity contribution in [3.05, 3.63) is 82.5 Å². The summed E-state index contributed by atoms with van der Waals surface area (Å²) >= 11 is 12.1. The van der Waals surface area contributed by atoms with Crippen LogP contribution in [0.15, 0.2) is 66.9 Å². The number of anilines is 1. The minimum atomic E-state index is -0.00225. The molecule has 4 aromatic rings. The quantitative estimate of drug-likeness (QED) is 0.361. The number of rotatable bonds is 6. The largest absolute Gasteiger partial charge is 0.507 e. The number of aromatic hydroxyl groups is 1. The van der Waals surface area contributed by atoms with Crippen LogP contribution in [0, 0.1) is 0 Å². The lowest BCUT2D eigenvalue weighted by atomic mass is 10.00. The molecular weight excluding hydrogens is 449 g/mol. The third-order valence-electron chi connectivity index (χ3n) is 4.84. The third-order valence-corrected chi connectivity index (χ3v) is 5.43. The Morgan fingerprint density at radius 3 is 2.38 bits per heavy atom. The third kappa shape index (κ3) is 4.72. The molecule has 0 aliphatic rings. The number of nitrogens with two attached hydrogens (primary N) is 1. The van der Waals surface area contributed by atoms with Crippen molar-refractivity contribution in [2.45, 2.75) is 6.61 Å². The molecule has 0 amide bonds. The Kier molecular flexibility index (Phi) is 6.35. The summed E-state index contributed by atoms with van der Waals surface area (Å²) in [6.45, 7) is 0.229. The Hall–Kier alpha value is -3.48. The van der Waals surface area contributed by atoms with Crippen LogP contribution in [-0.4, -0.2) is 22.2 Å². The Morgan fingerprint density at radius 2 is 1.69 bits per heavy atom. The van der Waals surface area contributed by atoms with Crippen molar-refractivity contribution in [3.8, 4) is 39.6 Å². The van der Waals surface area contributed by atoms with Gasteiger partial charge in [-0.1, -0.05) is 41.4 Å². The molecule has 0 aliphatic heterocycles. The first-order valence-electron chi connectivity index (χ1n) is 9.61. The molecule has 4 rings (SSSR count). The van der Waals surface area contributed by atoms with E-state index in [2.05, 4.69) is 9.97 Å². The van der Waals surface area contributed by atoms with Gasteiger partial charge in [0.15, 0.2) is 0 Å². The van der Waals surface area contributed by atoms with Crippen LogP contribution in [0.2, 0.25) is 10.0 Å². The zero-order chi connectivity index (χ0) is 22.7. The standard InChI is InChI=1S/C24H19Cl2N3O3/c1-31-17-6-3-14(4-7-17)20-12-28-24(27)29-23(20)19-9-8-18(11-22(19)30)32-13-15-2-5-16(25)10-21(15)26/h2-12,30H,13H2,1H3,(H2,27,28,29). The molecule has 0 atom stereocenters. The second kappa shape index (κ2) is 9.34. The lowest BCUT2D eigenvalue weighted by Gasteiger charge is -2.13.